The number of benzene rings is 2. The Morgan fingerprint density at radius 2 is 1.88 bits per heavy atom. The quantitative estimate of drug-likeness (QED) is 0.651. The van der Waals surface area contributed by atoms with Crippen LogP contribution >= 0.6 is 0 Å². The largest absolute Gasteiger partial charge is 0.493 e. The third-order valence-corrected chi connectivity index (χ3v) is 4.68. The van der Waals surface area contributed by atoms with E-state index in [4.69, 9.17) is 15.2 Å². The van der Waals surface area contributed by atoms with Crippen LogP contribution in [0.15, 0.2) is 36.4 Å². The maximum Gasteiger partial charge on any atom is 0.337 e. The molecule has 3 N–H and O–H groups in total. The fraction of sp³-hybridized carbons (Fsp3) is 0.300. The molecule has 1 aliphatic heterocycles. The molecule has 2 aromatic rings. The number of esters is 1. The van der Waals surface area contributed by atoms with Crippen molar-refractivity contribution < 1.29 is 19.1 Å². The molecule has 6 heteroatoms. The summed E-state index contributed by atoms with van der Waals surface area (Å²) in [6.07, 6.45) is 0.888. The zero-order valence-corrected chi connectivity index (χ0v) is 15.1. The molecule has 0 unspecified atom stereocenters. The third-order valence-electron chi connectivity index (χ3n) is 4.68. The summed E-state index contributed by atoms with van der Waals surface area (Å²) >= 11 is 0. The van der Waals surface area contributed by atoms with E-state index in [0.717, 1.165) is 17.7 Å². The molecule has 6 nitrogen and oxygen atoms in total. The molecule has 26 heavy (non-hydrogen) atoms. The van der Waals surface area contributed by atoms with Crippen molar-refractivity contribution in [1.82, 2.24) is 0 Å². The van der Waals surface area contributed by atoms with Crippen molar-refractivity contribution in [3.8, 4) is 5.75 Å². The Morgan fingerprint density at radius 1 is 1.15 bits per heavy atom. The summed E-state index contributed by atoms with van der Waals surface area (Å²) < 4.78 is 10.4. The average Bonchev–Trinajstić information content (AvgIpc) is 2.62. The Balaban J connectivity index is 1.88. The number of fused-ring (bicyclic) bond motifs is 1. The monoisotopic (exact) mass is 354 g/mol. The molecule has 0 bridgehead atoms. The Kier molecular flexibility index (Phi) is 4.59. The lowest BCUT2D eigenvalue weighted by atomic mass is 9.79. The zero-order valence-electron chi connectivity index (χ0n) is 15.1. The highest BCUT2D eigenvalue weighted by molar-refractivity contribution is 6.06. The lowest BCUT2D eigenvalue weighted by Crippen LogP contribution is -2.27. The van der Waals surface area contributed by atoms with Gasteiger partial charge in [0.15, 0.2) is 0 Å². The number of nitrogens with two attached hydrogens (primary N) is 1. The first kappa shape index (κ1) is 17.8. The maximum atomic E-state index is 12.7. The van der Waals surface area contributed by atoms with Crippen LogP contribution in [0.4, 0.5) is 11.4 Å². The first-order valence-electron chi connectivity index (χ1n) is 8.38. The fourth-order valence-corrected chi connectivity index (χ4v) is 2.98. The number of amides is 1. The van der Waals surface area contributed by atoms with Gasteiger partial charge in [-0.05, 0) is 48.2 Å². The molecule has 0 saturated heterocycles. The van der Waals surface area contributed by atoms with E-state index < -0.39 is 5.97 Å². The number of nitrogens with one attached hydrogen (secondary N) is 1. The van der Waals surface area contributed by atoms with Crippen LogP contribution in [0.3, 0.4) is 0 Å². The number of methoxy groups -OCH3 is 1. The molecule has 0 saturated carbocycles. The van der Waals surface area contributed by atoms with Gasteiger partial charge in [-0.25, -0.2) is 4.79 Å². The summed E-state index contributed by atoms with van der Waals surface area (Å²) in [5.74, 6) is 0.0149. The molecular weight excluding hydrogens is 332 g/mol. The first-order chi connectivity index (χ1) is 12.3. The summed E-state index contributed by atoms with van der Waals surface area (Å²) in [6.45, 7) is 4.93. The molecule has 1 aliphatic rings. The van der Waals surface area contributed by atoms with Gasteiger partial charge < -0.3 is 20.5 Å². The van der Waals surface area contributed by atoms with Crippen LogP contribution in [0.2, 0.25) is 0 Å². The minimum Gasteiger partial charge on any atom is -0.493 e. The smallest absolute Gasteiger partial charge is 0.337 e. The van der Waals surface area contributed by atoms with Crippen LogP contribution in [0, 0.1) is 0 Å². The number of carbonyl (C=O) groups is 2. The van der Waals surface area contributed by atoms with Crippen LogP contribution in [0.25, 0.3) is 0 Å². The number of carbonyl (C=O) groups excluding carboxylic acids is 2. The Bertz CT molecular complexity index is 874. The van der Waals surface area contributed by atoms with Crippen molar-refractivity contribution in [2.75, 3.05) is 24.8 Å². The van der Waals surface area contributed by atoms with Gasteiger partial charge in [-0.1, -0.05) is 13.8 Å². The van der Waals surface area contributed by atoms with E-state index in [1.54, 1.807) is 18.2 Å². The van der Waals surface area contributed by atoms with Crippen LogP contribution < -0.4 is 15.8 Å². The van der Waals surface area contributed by atoms with E-state index in [-0.39, 0.29) is 11.3 Å². The van der Waals surface area contributed by atoms with Crippen molar-refractivity contribution >= 4 is 23.3 Å². The number of nitrogen functional groups attached to an aromatic ring is 1. The van der Waals surface area contributed by atoms with Crippen molar-refractivity contribution in [3.05, 3.63) is 53.1 Å². The Hall–Kier alpha value is -3.02. The summed E-state index contributed by atoms with van der Waals surface area (Å²) in [5.41, 5.74) is 8.43. The number of anilines is 2. The number of hydrogen-bond donors (Lipinski definition) is 2. The SMILES string of the molecule is COC(=O)c1ccc(N)c(NC(=O)c2ccc3c(c2)C(C)(C)CCO3)c1. The zero-order chi connectivity index (χ0) is 18.9. The molecule has 0 radical (unpaired) electrons. The fourth-order valence-electron chi connectivity index (χ4n) is 2.98. The van der Waals surface area contributed by atoms with E-state index in [1.165, 1.54) is 13.2 Å². The van der Waals surface area contributed by atoms with Gasteiger partial charge in [0.25, 0.3) is 5.91 Å². The van der Waals surface area contributed by atoms with Gasteiger partial charge in [-0.15, -0.1) is 0 Å². The average molecular weight is 354 g/mol. The minimum atomic E-state index is -0.492. The Morgan fingerprint density at radius 3 is 2.62 bits per heavy atom. The van der Waals surface area contributed by atoms with Crippen LogP contribution in [0.5, 0.6) is 5.75 Å². The highest BCUT2D eigenvalue weighted by Gasteiger charge is 2.29. The molecule has 0 aromatic heterocycles. The second-order valence-corrected chi connectivity index (χ2v) is 6.94. The summed E-state index contributed by atoms with van der Waals surface area (Å²) in [6, 6.07) is 10.0. The molecular formula is C20H22N2O4. The summed E-state index contributed by atoms with van der Waals surface area (Å²) in [5, 5.41) is 2.77. The number of hydrogen-bond acceptors (Lipinski definition) is 5. The van der Waals surface area contributed by atoms with E-state index in [1.807, 2.05) is 12.1 Å². The predicted molar refractivity (Wildman–Crippen MR) is 99.7 cm³/mol. The van der Waals surface area contributed by atoms with E-state index >= 15 is 0 Å². The molecule has 1 amide bonds. The lowest BCUT2D eigenvalue weighted by Gasteiger charge is -2.32. The topological polar surface area (TPSA) is 90.6 Å². The molecule has 3 rings (SSSR count). The molecule has 0 aliphatic carbocycles. The van der Waals surface area contributed by atoms with E-state index in [9.17, 15) is 9.59 Å². The van der Waals surface area contributed by atoms with Crippen LogP contribution in [-0.2, 0) is 10.2 Å². The van der Waals surface area contributed by atoms with E-state index in [2.05, 4.69) is 19.2 Å². The Labute approximate surface area is 152 Å². The van der Waals surface area contributed by atoms with E-state index in [0.29, 0.717) is 29.1 Å². The highest BCUT2D eigenvalue weighted by Crippen LogP contribution is 2.38. The van der Waals surface area contributed by atoms with Crippen LogP contribution in [-0.4, -0.2) is 25.6 Å². The molecule has 136 valence electrons. The summed E-state index contributed by atoms with van der Waals surface area (Å²) in [4.78, 5) is 24.4. The van der Waals surface area contributed by atoms with Gasteiger partial charge in [0, 0.05) is 11.1 Å². The van der Waals surface area contributed by atoms with Gasteiger partial charge in [0.2, 0.25) is 0 Å². The van der Waals surface area contributed by atoms with Gasteiger partial charge in [0.05, 0.1) is 30.7 Å². The van der Waals surface area contributed by atoms with Crippen molar-refractivity contribution in [3.63, 3.8) is 0 Å². The van der Waals surface area contributed by atoms with Gasteiger partial charge in [0.1, 0.15) is 5.75 Å². The highest BCUT2D eigenvalue weighted by atomic mass is 16.5. The third kappa shape index (κ3) is 3.35. The van der Waals surface area contributed by atoms with Crippen molar-refractivity contribution in [1.29, 1.82) is 0 Å². The molecule has 2 aromatic carbocycles. The van der Waals surface area contributed by atoms with Gasteiger partial charge in [-0.2, -0.15) is 0 Å². The standard InChI is InChI=1S/C20H22N2O4/c1-20(2)8-9-26-17-7-5-12(10-14(17)20)18(23)22-16-11-13(19(24)25-3)4-6-15(16)21/h4-7,10-11H,8-9,21H2,1-3H3,(H,22,23). The van der Waals surface area contributed by atoms with Gasteiger partial charge >= 0.3 is 5.97 Å². The van der Waals surface area contributed by atoms with Crippen LogP contribution in [0.1, 0.15) is 46.5 Å². The minimum absolute atomic E-state index is 0.0618. The molecule has 0 atom stereocenters. The second kappa shape index (κ2) is 6.71. The molecule has 0 spiro atoms. The first-order valence-corrected chi connectivity index (χ1v) is 8.38. The lowest BCUT2D eigenvalue weighted by molar-refractivity contribution is 0.0600. The molecule has 0 fully saturated rings. The van der Waals surface area contributed by atoms with Crippen molar-refractivity contribution in [2.45, 2.75) is 25.7 Å². The normalized spacial score (nSPS) is 14.7. The number of rotatable bonds is 3. The maximum absolute atomic E-state index is 12.7. The van der Waals surface area contributed by atoms with Gasteiger partial charge in [-0.3, -0.25) is 4.79 Å². The second-order valence-electron chi connectivity index (χ2n) is 6.94. The number of ether oxygens (including phenoxy) is 2. The van der Waals surface area contributed by atoms with Crippen molar-refractivity contribution in [2.24, 2.45) is 0 Å². The summed E-state index contributed by atoms with van der Waals surface area (Å²) in [7, 11) is 1.30. The predicted octanol–water partition coefficient (Wildman–Crippen LogP) is 3.37. The molecule has 1 heterocycles.